The van der Waals surface area contributed by atoms with Crippen LogP contribution in [-0.4, -0.2) is 41.5 Å². The number of alkyl halides is 1. The van der Waals surface area contributed by atoms with Crippen LogP contribution in [0.25, 0.3) is 0 Å². The summed E-state index contributed by atoms with van der Waals surface area (Å²) in [6.45, 7) is 2.12. The molecule has 2 atom stereocenters. The Morgan fingerprint density at radius 2 is 2.00 bits per heavy atom. The molecular formula is C11H22ClNO2. The van der Waals surface area contributed by atoms with E-state index in [1.807, 2.05) is 0 Å². The predicted octanol–water partition coefficient (Wildman–Crippen LogP) is 2.01. The van der Waals surface area contributed by atoms with Gasteiger partial charge in [0, 0.05) is 14.1 Å². The molecule has 0 aromatic heterocycles. The van der Waals surface area contributed by atoms with Crippen LogP contribution in [-0.2, 0) is 4.79 Å². The number of carbonyl (C=O) groups is 1. The summed E-state index contributed by atoms with van der Waals surface area (Å²) in [4.78, 5) is 12.8. The van der Waals surface area contributed by atoms with Crippen LogP contribution in [0.2, 0.25) is 0 Å². The van der Waals surface area contributed by atoms with Gasteiger partial charge in [-0.05, 0) is 6.42 Å². The van der Waals surface area contributed by atoms with Gasteiger partial charge in [0.1, 0.15) is 0 Å². The third kappa shape index (κ3) is 6.74. The monoisotopic (exact) mass is 235 g/mol. The molecule has 90 valence electrons. The molecule has 1 amide bonds. The molecule has 0 unspecified atom stereocenters. The lowest BCUT2D eigenvalue weighted by atomic mass is 10.1. The molecular weight excluding hydrogens is 214 g/mol. The second-order valence-corrected chi connectivity index (χ2v) is 4.63. The van der Waals surface area contributed by atoms with Crippen molar-refractivity contribution < 1.29 is 9.90 Å². The lowest BCUT2D eigenvalue weighted by molar-refractivity contribution is -0.130. The third-order valence-electron chi connectivity index (χ3n) is 2.38. The van der Waals surface area contributed by atoms with Gasteiger partial charge in [0.2, 0.25) is 5.91 Å². The Labute approximate surface area is 97.4 Å². The molecule has 0 bridgehead atoms. The van der Waals surface area contributed by atoms with Gasteiger partial charge in [-0.1, -0.05) is 26.2 Å². The van der Waals surface area contributed by atoms with Crippen LogP contribution in [0, 0.1) is 0 Å². The second kappa shape index (κ2) is 7.94. The Bertz CT molecular complexity index is 185. The Morgan fingerprint density at radius 3 is 2.47 bits per heavy atom. The molecule has 1 N–H and O–H groups in total. The largest absolute Gasteiger partial charge is 0.391 e. The van der Waals surface area contributed by atoms with Crippen molar-refractivity contribution in [2.45, 2.75) is 50.5 Å². The van der Waals surface area contributed by atoms with Crippen LogP contribution >= 0.6 is 11.6 Å². The van der Waals surface area contributed by atoms with Gasteiger partial charge in [0.05, 0.1) is 17.9 Å². The fourth-order valence-corrected chi connectivity index (χ4v) is 1.51. The third-order valence-corrected chi connectivity index (χ3v) is 2.89. The molecule has 0 aromatic carbocycles. The molecule has 0 fully saturated rings. The second-order valence-electron chi connectivity index (χ2n) is 4.07. The average Bonchev–Trinajstić information content (AvgIpc) is 2.17. The number of rotatable bonds is 7. The van der Waals surface area contributed by atoms with Gasteiger partial charge in [-0.15, -0.1) is 11.6 Å². The first-order chi connectivity index (χ1) is 6.99. The van der Waals surface area contributed by atoms with Gasteiger partial charge < -0.3 is 10.0 Å². The van der Waals surface area contributed by atoms with Crippen molar-refractivity contribution in [2.24, 2.45) is 0 Å². The number of carbonyl (C=O) groups excluding carboxylic acids is 1. The van der Waals surface area contributed by atoms with Gasteiger partial charge >= 0.3 is 0 Å². The molecule has 0 spiro atoms. The van der Waals surface area contributed by atoms with Crippen LogP contribution in [0.5, 0.6) is 0 Å². The minimum Gasteiger partial charge on any atom is -0.391 e. The first kappa shape index (κ1) is 14.7. The molecule has 15 heavy (non-hydrogen) atoms. The highest BCUT2D eigenvalue weighted by Gasteiger charge is 2.20. The van der Waals surface area contributed by atoms with Crippen molar-refractivity contribution in [1.82, 2.24) is 4.90 Å². The van der Waals surface area contributed by atoms with E-state index in [1.165, 1.54) is 4.90 Å². The van der Waals surface area contributed by atoms with E-state index in [1.54, 1.807) is 14.1 Å². The van der Waals surface area contributed by atoms with Crippen molar-refractivity contribution in [3.05, 3.63) is 0 Å². The van der Waals surface area contributed by atoms with Gasteiger partial charge in [-0.2, -0.15) is 0 Å². The molecule has 0 aliphatic carbocycles. The highest BCUT2D eigenvalue weighted by Crippen LogP contribution is 2.15. The summed E-state index contributed by atoms with van der Waals surface area (Å²) in [6, 6.07) is 0. The zero-order valence-corrected chi connectivity index (χ0v) is 10.6. The summed E-state index contributed by atoms with van der Waals surface area (Å²) in [5, 5.41) is 9.35. The minimum atomic E-state index is -0.724. The van der Waals surface area contributed by atoms with Crippen molar-refractivity contribution >= 4 is 17.5 Å². The summed E-state index contributed by atoms with van der Waals surface area (Å²) in [6.07, 6.45) is 3.44. The maximum absolute atomic E-state index is 11.3. The van der Waals surface area contributed by atoms with Crippen molar-refractivity contribution in [1.29, 1.82) is 0 Å². The fraction of sp³-hybridized carbons (Fsp3) is 0.909. The van der Waals surface area contributed by atoms with Crippen LogP contribution in [0.1, 0.15) is 39.0 Å². The quantitative estimate of drug-likeness (QED) is 0.542. The Balaban J connectivity index is 3.77. The summed E-state index contributed by atoms with van der Waals surface area (Å²) >= 11 is 6.00. The topological polar surface area (TPSA) is 40.5 Å². The Hall–Kier alpha value is -0.280. The first-order valence-electron chi connectivity index (χ1n) is 5.51. The predicted molar refractivity (Wildman–Crippen MR) is 63.1 cm³/mol. The van der Waals surface area contributed by atoms with E-state index in [0.717, 1.165) is 25.7 Å². The maximum atomic E-state index is 11.3. The molecule has 0 rings (SSSR count). The lowest BCUT2D eigenvalue weighted by Gasteiger charge is -2.18. The number of unbranched alkanes of at least 4 members (excludes halogenated alkanes) is 2. The highest BCUT2D eigenvalue weighted by molar-refractivity contribution is 6.21. The van der Waals surface area contributed by atoms with Crippen LogP contribution in [0.15, 0.2) is 0 Å². The number of aliphatic hydroxyl groups excluding tert-OH is 1. The van der Waals surface area contributed by atoms with Crippen LogP contribution in [0.3, 0.4) is 0 Å². The normalized spacial score (nSPS) is 14.7. The maximum Gasteiger partial charge on any atom is 0.224 e. The number of nitrogens with zero attached hydrogens (tertiary/aromatic N) is 1. The summed E-state index contributed by atoms with van der Waals surface area (Å²) in [5.74, 6) is -0.0800. The molecule has 0 saturated heterocycles. The van der Waals surface area contributed by atoms with E-state index < -0.39 is 6.10 Å². The fourth-order valence-electron chi connectivity index (χ4n) is 1.27. The molecule has 0 aromatic rings. The van der Waals surface area contributed by atoms with Crippen molar-refractivity contribution in [3.8, 4) is 0 Å². The summed E-state index contributed by atoms with van der Waals surface area (Å²) in [5.41, 5.74) is 0. The minimum absolute atomic E-state index is 0.0800. The van der Waals surface area contributed by atoms with Crippen LogP contribution < -0.4 is 0 Å². The van der Waals surface area contributed by atoms with Crippen molar-refractivity contribution in [3.63, 3.8) is 0 Å². The number of halogens is 1. The zero-order chi connectivity index (χ0) is 11.8. The smallest absolute Gasteiger partial charge is 0.224 e. The number of hydrogen-bond donors (Lipinski definition) is 1. The Morgan fingerprint density at radius 1 is 1.40 bits per heavy atom. The van der Waals surface area contributed by atoms with Gasteiger partial charge in [-0.3, -0.25) is 4.79 Å². The lowest BCUT2D eigenvalue weighted by Crippen LogP contribution is -2.30. The molecule has 0 saturated carbocycles. The summed E-state index contributed by atoms with van der Waals surface area (Å²) < 4.78 is 0. The van der Waals surface area contributed by atoms with E-state index in [9.17, 15) is 9.90 Å². The van der Waals surface area contributed by atoms with E-state index >= 15 is 0 Å². The van der Waals surface area contributed by atoms with E-state index in [0.29, 0.717) is 0 Å². The number of aliphatic hydroxyl groups is 1. The van der Waals surface area contributed by atoms with E-state index in [2.05, 4.69) is 6.92 Å². The number of amides is 1. The van der Waals surface area contributed by atoms with E-state index in [-0.39, 0.29) is 17.7 Å². The van der Waals surface area contributed by atoms with Gasteiger partial charge in [0.15, 0.2) is 0 Å². The highest BCUT2D eigenvalue weighted by atomic mass is 35.5. The first-order valence-corrected chi connectivity index (χ1v) is 5.95. The molecule has 4 heteroatoms. The van der Waals surface area contributed by atoms with E-state index in [4.69, 9.17) is 11.6 Å². The average molecular weight is 236 g/mol. The Kier molecular flexibility index (Phi) is 7.79. The summed E-state index contributed by atoms with van der Waals surface area (Å²) in [7, 11) is 3.35. The molecule has 3 nitrogen and oxygen atoms in total. The van der Waals surface area contributed by atoms with Crippen LogP contribution in [0.4, 0.5) is 0 Å². The molecule has 0 aliphatic heterocycles. The SMILES string of the molecule is CCCCC[C@H](Cl)[C@H](O)CC(=O)N(C)C. The van der Waals surface area contributed by atoms with Gasteiger partial charge in [-0.25, -0.2) is 0 Å². The zero-order valence-electron chi connectivity index (χ0n) is 9.87. The van der Waals surface area contributed by atoms with Gasteiger partial charge in [0.25, 0.3) is 0 Å². The molecule has 0 radical (unpaired) electrons. The van der Waals surface area contributed by atoms with Crippen molar-refractivity contribution in [2.75, 3.05) is 14.1 Å². The standard InChI is InChI=1S/C11H22ClNO2/c1-4-5-6-7-9(12)10(14)8-11(15)13(2)3/h9-10,14H,4-8H2,1-3H3/t9-,10+/m0/s1. The molecule has 0 heterocycles. The molecule has 0 aliphatic rings. The number of hydrogen-bond acceptors (Lipinski definition) is 2.